The van der Waals surface area contributed by atoms with Gasteiger partial charge in [-0.15, -0.1) is 0 Å². The molecule has 1 aliphatic rings. The molecule has 0 bridgehead atoms. The van der Waals surface area contributed by atoms with Gasteiger partial charge in [-0.2, -0.15) is 13.2 Å². The number of carbonyl (C=O) groups is 1. The van der Waals surface area contributed by atoms with E-state index in [0.29, 0.717) is 18.7 Å². The van der Waals surface area contributed by atoms with Crippen LogP contribution in [-0.2, 0) is 15.7 Å². The van der Waals surface area contributed by atoms with Crippen LogP contribution in [0.1, 0.15) is 18.4 Å². The van der Waals surface area contributed by atoms with E-state index in [4.69, 9.17) is 15.2 Å². The van der Waals surface area contributed by atoms with E-state index in [9.17, 15) is 18.0 Å². The summed E-state index contributed by atoms with van der Waals surface area (Å²) in [6, 6.07) is 7.38. The van der Waals surface area contributed by atoms with E-state index < -0.39 is 17.8 Å². The molecule has 144 valence electrons. The monoisotopic (exact) mass is 381 g/mol. The maximum atomic E-state index is 12.5. The molecule has 2 aromatic rings. The summed E-state index contributed by atoms with van der Waals surface area (Å²) >= 11 is 0. The number of anilines is 1. The number of alkyl halides is 3. The highest BCUT2D eigenvalue weighted by Crippen LogP contribution is 2.31. The number of nitrogens with one attached hydrogen (secondary N) is 1. The number of halogens is 3. The number of nitrogens with two attached hydrogens (primary N) is 1. The fraction of sp³-hybridized carbons (Fsp3) is 0.333. The van der Waals surface area contributed by atoms with E-state index in [0.717, 1.165) is 18.6 Å². The van der Waals surface area contributed by atoms with Gasteiger partial charge >= 0.3 is 6.18 Å². The number of amides is 1. The first-order valence-electron chi connectivity index (χ1n) is 8.32. The van der Waals surface area contributed by atoms with Gasteiger partial charge in [-0.3, -0.25) is 4.79 Å². The fourth-order valence-corrected chi connectivity index (χ4v) is 2.64. The Balaban J connectivity index is 1.56. The van der Waals surface area contributed by atoms with Gasteiger partial charge in [0.15, 0.2) is 0 Å². The number of pyridine rings is 1. The quantitative estimate of drug-likeness (QED) is 0.830. The summed E-state index contributed by atoms with van der Waals surface area (Å²) in [6.45, 7) is 0.376. The molecule has 0 aliphatic carbocycles. The largest absolute Gasteiger partial charge is 0.439 e. The predicted octanol–water partition coefficient (Wildman–Crippen LogP) is 3.34. The average molecular weight is 381 g/mol. The molecule has 2 atom stereocenters. The standard InChI is InChI=1S/C18H18F3N3O3/c19-18(20,21)11-1-4-13(5-2-11)27-16-8-3-12(10-23-16)24-17(25)15-7-6-14(9-22)26-15/h1-5,8,10,14-15H,6-7,9,22H2,(H,24,25)/t14-,15+/m1/s1. The van der Waals surface area contributed by atoms with E-state index in [1.165, 1.54) is 24.4 Å². The molecule has 0 saturated carbocycles. The summed E-state index contributed by atoms with van der Waals surface area (Å²) in [4.78, 5) is 16.2. The molecule has 1 fully saturated rings. The summed E-state index contributed by atoms with van der Waals surface area (Å²) in [7, 11) is 0. The molecule has 1 aromatic heterocycles. The number of carbonyl (C=O) groups excluding carboxylic acids is 1. The lowest BCUT2D eigenvalue weighted by Gasteiger charge is -2.13. The minimum atomic E-state index is -4.40. The molecule has 0 radical (unpaired) electrons. The van der Waals surface area contributed by atoms with Crippen LogP contribution >= 0.6 is 0 Å². The van der Waals surface area contributed by atoms with Crippen molar-refractivity contribution < 1.29 is 27.4 Å². The van der Waals surface area contributed by atoms with Gasteiger partial charge in [0.25, 0.3) is 5.91 Å². The molecule has 6 nitrogen and oxygen atoms in total. The van der Waals surface area contributed by atoms with Gasteiger partial charge in [-0.05, 0) is 43.2 Å². The molecule has 1 aliphatic heterocycles. The van der Waals surface area contributed by atoms with Gasteiger partial charge in [-0.25, -0.2) is 4.98 Å². The molecule has 3 N–H and O–H groups in total. The molecule has 9 heteroatoms. The zero-order chi connectivity index (χ0) is 19.4. The van der Waals surface area contributed by atoms with Gasteiger partial charge in [0.2, 0.25) is 5.88 Å². The Labute approximate surface area is 153 Å². The van der Waals surface area contributed by atoms with Gasteiger partial charge in [0.05, 0.1) is 23.6 Å². The van der Waals surface area contributed by atoms with E-state index in [1.54, 1.807) is 6.07 Å². The summed E-state index contributed by atoms with van der Waals surface area (Å²) in [5, 5.41) is 2.70. The molecule has 1 saturated heterocycles. The number of benzene rings is 1. The lowest BCUT2D eigenvalue weighted by Crippen LogP contribution is -2.29. The van der Waals surface area contributed by atoms with E-state index in [2.05, 4.69) is 10.3 Å². The van der Waals surface area contributed by atoms with Crippen LogP contribution < -0.4 is 15.8 Å². The van der Waals surface area contributed by atoms with Crippen molar-refractivity contribution in [3.63, 3.8) is 0 Å². The number of rotatable bonds is 5. The number of nitrogens with zero attached hydrogens (tertiary/aromatic N) is 1. The Morgan fingerprint density at radius 2 is 1.96 bits per heavy atom. The van der Waals surface area contributed by atoms with Crippen LogP contribution in [-0.4, -0.2) is 29.6 Å². The third kappa shape index (κ3) is 4.95. The van der Waals surface area contributed by atoms with Gasteiger partial charge in [0.1, 0.15) is 11.9 Å². The second-order valence-corrected chi connectivity index (χ2v) is 6.06. The first-order chi connectivity index (χ1) is 12.8. The van der Waals surface area contributed by atoms with Crippen LogP contribution in [0.5, 0.6) is 11.6 Å². The molecule has 3 rings (SSSR count). The molecule has 0 unspecified atom stereocenters. The molecular formula is C18H18F3N3O3. The average Bonchev–Trinajstić information content (AvgIpc) is 3.12. The van der Waals surface area contributed by atoms with Crippen molar-refractivity contribution in [3.05, 3.63) is 48.2 Å². The SMILES string of the molecule is NC[C@H]1CC[C@@H](C(=O)Nc2ccc(Oc3ccc(C(F)(F)F)cc3)nc2)O1. The van der Waals surface area contributed by atoms with Gasteiger partial charge in [-0.1, -0.05) is 0 Å². The zero-order valence-electron chi connectivity index (χ0n) is 14.2. The van der Waals surface area contributed by atoms with E-state index >= 15 is 0 Å². The first-order valence-corrected chi connectivity index (χ1v) is 8.32. The van der Waals surface area contributed by atoms with Crippen molar-refractivity contribution in [3.8, 4) is 11.6 Å². The lowest BCUT2D eigenvalue weighted by molar-refractivity contribution is -0.137. The fourth-order valence-electron chi connectivity index (χ4n) is 2.64. The summed E-state index contributed by atoms with van der Waals surface area (Å²) in [5.74, 6) is 0.136. The maximum absolute atomic E-state index is 12.5. The van der Waals surface area contributed by atoms with Crippen molar-refractivity contribution in [2.45, 2.75) is 31.2 Å². The summed E-state index contributed by atoms with van der Waals surface area (Å²) < 4.78 is 48.6. The summed E-state index contributed by atoms with van der Waals surface area (Å²) in [5.41, 5.74) is 5.22. The Kier molecular flexibility index (Phi) is 5.62. The molecular weight excluding hydrogens is 363 g/mol. The minimum Gasteiger partial charge on any atom is -0.439 e. The highest BCUT2D eigenvalue weighted by Gasteiger charge is 2.30. The second-order valence-electron chi connectivity index (χ2n) is 6.06. The summed E-state index contributed by atoms with van der Waals surface area (Å²) in [6.07, 6.45) is -2.29. The smallest absolute Gasteiger partial charge is 0.416 e. The van der Waals surface area contributed by atoms with Gasteiger partial charge < -0.3 is 20.5 Å². The Hall–Kier alpha value is -2.65. The number of hydrogen-bond donors (Lipinski definition) is 2. The zero-order valence-corrected chi connectivity index (χ0v) is 14.2. The van der Waals surface area contributed by atoms with Crippen LogP contribution in [0.2, 0.25) is 0 Å². The Morgan fingerprint density at radius 3 is 2.52 bits per heavy atom. The molecule has 1 aromatic carbocycles. The van der Waals surface area contributed by atoms with Crippen molar-refractivity contribution in [2.24, 2.45) is 5.73 Å². The predicted molar refractivity (Wildman–Crippen MR) is 91.3 cm³/mol. The number of hydrogen-bond acceptors (Lipinski definition) is 5. The van der Waals surface area contributed by atoms with Crippen LogP contribution in [0.4, 0.5) is 18.9 Å². The van der Waals surface area contributed by atoms with Crippen LogP contribution in [0.25, 0.3) is 0 Å². The third-order valence-corrected chi connectivity index (χ3v) is 4.07. The topological polar surface area (TPSA) is 86.5 Å². The number of ether oxygens (including phenoxy) is 2. The first kappa shape index (κ1) is 19.1. The van der Waals surface area contributed by atoms with Crippen LogP contribution in [0.15, 0.2) is 42.6 Å². The molecule has 2 heterocycles. The highest BCUT2D eigenvalue weighted by atomic mass is 19.4. The lowest BCUT2D eigenvalue weighted by atomic mass is 10.2. The molecule has 27 heavy (non-hydrogen) atoms. The second kappa shape index (κ2) is 7.93. The Bertz CT molecular complexity index is 779. The van der Waals surface area contributed by atoms with Crippen LogP contribution in [0.3, 0.4) is 0 Å². The van der Waals surface area contributed by atoms with Crippen LogP contribution in [0, 0.1) is 0 Å². The third-order valence-electron chi connectivity index (χ3n) is 4.07. The van der Waals surface area contributed by atoms with Crippen molar-refractivity contribution in [1.29, 1.82) is 0 Å². The van der Waals surface area contributed by atoms with E-state index in [-0.39, 0.29) is 23.6 Å². The maximum Gasteiger partial charge on any atom is 0.416 e. The van der Waals surface area contributed by atoms with E-state index in [1.807, 2.05) is 0 Å². The van der Waals surface area contributed by atoms with Crippen molar-refractivity contribution in [1.82, 2.24) is 4.98 Å². The number of aromatic nitrogens is 1. The van der Waals surface area contributed by atoms with Crippen molar-refractivity contribution >= 4 is 11.6 Å². The van der Waals surface area contributed by atoms with Gasteiger partial charge in [0, 0.05) is 12.6 Å². The molecule has 1 amide bonds. The normalized spacial score (nSPS) is 19.7. The highest BCUT2D eigenvalue weighted by molar-refractivity contribution is 5.94. The van der Waals surface area contributed by atoms with Crippen molar-refractivity contribution in [2.75, 3.05) is 11.9 Å². The minimum absolute atomic E-state index is 0.0987. The Morgan fingerprint density at radius 1 is 1.22 bits per heavy atom. The molecule has 0 spiro atoms.